The number of nitrogens with zero attached hydrogens (tertiary/aromatic N) is 2. The van der Waals surface area contributed by atoms with Crippen molar-refractivity contribution in [2.75, 3.05) is 4.72 Å². The van der Waals surface area contributed by atoms with Gasteiger partial charge in [-0.3, -0.25) is 4.72 Å². The molecule has 0 fully saturated rings. The second kappa shape index (κ2) is 6.23. The Morgan fingerprint density at radius 1 is 1.20 bits per heavy atom. The number of anilines is 1. The van der Waals surface area contributed by atoms with Gasteiger partial charge in [-0.25, -0.2) is 22.2 Å². The molecule has 25 heavy (non-hydrogen) atoms. The number of hydrogen-bond donors (Lipinski definition) is 1. The Labute approximate surface area is 148 Å². The zero-order chi connectivity index (χ0) is 18.4. The summed E-state index contributed by atoms with van der Waals surface area (Å²) in [5, 5.41) is 2.55. The van der Waals surface area contributed by atoms with Gasteiger partial charge in [0.15, 0.2) is 0 Å². The standard InChI is InChI=1S/C16H15F2N3O2S2/c1-9-8-24-16(19-9)14-7-15(10(2)21(14)3)25(22,23)20-13-6-11(17)4-5-12(13)18/h4-8,20H,1-3H3. The van der Waals surface area contributed by atoms with Crippen LogP contribution in [0, 0.1) is 25.5 Å². The number of aromatic nitrogens is 2. The van der Waals surface area contributed by atoms with Gasteiger partial charge in [-0.1, -0.05) is 0 Å². The summed E-state index contributed by atoms with van der Waals surface area (Å²) < 4.78 is 56.2. The highest BCUT2D eigenvalue weighted by atomic mass is 32.2. The second-order valence-corrected chi connectivity index (χ2v) is 8.07. The molecular weight excluding hydrogens is 368 g/mol. The molecule has 0 saturated heterocycles. The number of aryl methyl sites for hydroxylation is 1. The molecule has 5 nitrogen and oxygen atoms in total. The van der Waals surface area contributed by atoms with Crippen molar-refractivity contribution in [2.45, 2.75) is 18.7 Å². The largest absolute Gasteiger partial charge is 0.345 e. The summed E-state index contributed by atoms with van der Waals surface area (Å²) in [5.41, 5.74) is 1.50. The summed E-state index contributed by atoms with van der Waals surface area (Å²) in [6, 6.07) is 4.07. The molecule has 0 aliphatic carbocycles. The number of benzene rings is 1. The fraction of sp³-hybridized carbons (Fsp3) is 0.188. The first-order valence-electron chi connectivity index (χ1n) is 7.26. The van der Waals surface area contributed by atoms with Crippen LogP contribution in [0.15, 0.2) is 34.5 Å². The average Bonchev–Trinajstić information content (AvgIpc) is 3.08. The van der Waals surface area contributed by atoms with E-state index in [2.05, 4.69) is 9.71 Å². The Morgan fingerprint density at radius 3 is 2.56 bits per heavy atom. The summed E-state index contributed by atoms with van der Waals surface area (Å²) in [6.07, 6.45) is 0. The van der Waals surface area contributed by atoms with Crippen LogP contribution in [0.5, 0.6) is 0 Å². The van der Waals surface area contributed by atoms with Gasteiger partial charge in [0.1, 0.15) is 21.5 Å². The molecule has 0 aliphatic rings. The van der Waals surface area contributed by atoms with Crippen LogP contribution in [-0.2, 0) is 17.1 Å². The molecule has 1 N–H and O–H groups in total. The molecule has 0 bridgehead atoms. The predicted molar refractivity (Wildman–Crippen MR) is 93.2 cm³/mol. The van der Waals surface area contributed by atoms with E-state index in [1.165, 1.54) is 17.4 Å². The van der Waals surface area contributed by atoms with Crippen molar-refractivity contribution in [1.82, 2.24) is 9.55 Å². The molecule has 2 heterocycles. The molecule has 9 heteroatoms. The van der Waals surface area contributed by atoms with Gasteiger partial charge in [0.05, 0.1) is 11.4 Å². The topological polar surface area (TPSA) is 64.0 Å². The first kappa shape index (κ1) is 17.6. The average molecular weight is 383 g/mol. The Balaban J connectivity index is 2.05. The number of halogens is 2. The Morgan fingerprint density at radius 2 is 1.92 bits per heavy atom. The molecule has 0 radical (unpaired) electrons. The smallest absolute Gasteiger partial charge is 0.263 e. The van der Waals surface area contributed by atoms with E-state index in [0.717, 1.165) is 23.9 Å². The molecule has 132 valence electrons. The maximum absolute atomic E-state index is 13.8. The van der Waals surface area contributed by atoms with E-state index in [0.29, 0.717) is 16.4 Å². The van der Waals surface area contributed by atoms with Crippen LogP contribution in [0.3, 0.4) is 0 Å². The minimum Gasteiger partial charge on any atom is -0.345 e. The normalized spacial score (nSPS) is 11.7. The lowest BCUT2D eigenvalue weighted by Gasteiger charge is -2.09. The Bertz CT molecular complexity index is 1060. The van der Waals surface area contributed by atoms with Crippen molar-refractivity contribution in [3.8, 4) is 10.7 Å². The quantitative estimate of drug-likeness (QED) is 0.744. The van der Waals surface area contributed by atoms with Crippen LogP contribution >= 0.6 is 11.3 Å². The number of nitrogens with one attached hydrogen (secondary N) is 1. The molecule has 0 unspecified atom stereocenters. The zero-order valence-corrected chi connectivity index (χ0v) is 15.3. The fourth-order valence-corrected chi connectivity index (χ4v) is 4.59. The van der Waals surface area contributed by atoms with Gasteiger partial charge < -0.3 is 4.57 Å². The van der Waals surface area contributed by atoms with Gasteiger partial charge >= 0.3 is 0 Å². The van der Waals surface area contributed by atoms with Crippen molar-refractivity contribution >= 4 is 27.0 Å². The highest BCUT2D eigenvalue weighted by molar-refractivity contribution is 7.92. The lowest BCUT2D eigenvalue weighted by Crippen LogP contribution is -2.15. The third kappa shape index (κ3) is 3.29. The van der Waals surface area contributed by atoms with Crippen LogP contribution in [0.4, 0.5) is 14.5 Å². The number of thiazole rings is 1. The van der Waals surface area contributed by atoms with Crippen LogP contribution < -0.4 is 4.72 Å². The van der Waals surface area contributed by atoms with Gasteiger partial charge in [-0.15, -0.1) is 11.3 Å². The molecule has 2 aromatic heterocycles. The molecular formula is C16H15F2N3O2S2. The third-order valence-electron chi connectivity index (χ3n) is 3.79. The fourth-order valence-electron chi connectivity index (χ4n) is 2.40. The SMILES string of the molecule is Cc1csc(-c2cc(S(=O)(=O)Nc3cc(F)ccc3F)c(C)n2C)n1. The molecule has 1 aromatic carbocycles. The summed E-state index contributed by atoms with van der Waals surface area (Å²) in [5.74, 6) is -1.59. The van der Waals surface area contributed by atoms with Crippen molar-refractivity contribution in [2.24, 2.45) is 7.05 Å². The van der Waals surface area contributed by atoms with Crippen molar-refractivity contribution in [3.05, 3.63) is 52.7 Å². The molecule has 0 amide bonds. The minimum atomic E-state index is -4.09. The van der Waals surface area contributed by atoms with E-state index in [1.807, 2.05) is 12.3 Å². The Kier molecular flexibility index (Phi) is 4.38. The molecule has 0 aliphatic heterocycles. The molecule has 0 saturated carbocycles. The molecule has 0 spiro atoms. The first-order valence-corrected chi connectivity index (χ1v) is 9.62. The lowest BCUT2D eigenvalue weighted by atomic mass is 10.3. The third-order valence-corrected chi connectivity index (χ3v) is 6.25. The van der Waals surface area contributed by atoms with Crippen LogP contribution in [-0.4, -0.2) is 18.0 Å². The number of rotatable bonds is 4. The van der Waals surface area contributed by atoms with Crippen molar-refractivity contribution in [3.63, 3.8) is 0 Å². The number of sulfonamides is 1. The van der Waals surface area contributed by atoms with Crippen LogP contribution in [0.1, 0.15) is 11.4 Å². The summed E-state index contributed by atoms with van der Waals surface area (Å²) in [7, 11) is -2.36. The van der Waals surface area contributed by atoms with Gasteiger partial charge in [0, 0.05) is 29.9 Å². The minimum absolute atomic E-state index is 0.0125. The highest BCUT2D eigenvalue weighted by Crippen LogP contribution is 2.31. The van der Waals surface area contributed by atoms with Crippen LogP contribution in [0.2, 0.25) is 0 Å². The first-order chi connectivity index (χ1) is 11.7. The maximum Gasteiger partial charge on any atom is 0.263 e. The maximum atomic E-state index is 13.8. The second-order valence-electron chi connectivity index (χ2n) is 5.56. The summed E-state index contributed by atoms with van der Waals surface area (Å²) >= 11 is 1.40. The van der Waals surface area contributed by atoms with E-state index >= 15 is 0 Å². The molecule has 3 rings (SSSR count). The predicted octanol–water partition coefficient (Wildman–Crippen LogP) is 3.84. The molecule has 3 aromatic rings. The van der Waals surface area contributed by atoms with E-state index in [4.69, 9.17) is 0 Å². The number of hydrogen-bond acceptors (Lipinski definition) is 4. The monoisotopic (exact) mass is 383 g/mol. The van der Waals surface area contributed by atoms with Gasteiger partial charge in [0.25, 0.3) is 10.0 Å². The van der Waals surface area contributed by atoms with Crippen LogP contribution in [0.25, 0.3) is 10.7 Å². The van der Waals surface area contributed by atoms with Crippen molar-refractivity contribution in [1.29, 1.82) is 0 Å². The summed E-state index contributed by atoms with van der Waals surface area (Å²) in [6.45, 7) is 3.49. The van der Waals surface area contributed by atoms with E-state index in [-0.39, 0.29) is 4.90 Å². The summed E-state index contributed by atoms with van der Waals surface area (Å²) in [4.78, 5) is 4.35. The molecule has 0 atom stereocenters. The van der Waals surface area contributed by atoms with Gasteiger partial charge in [-0.05, 0) is 32.0 Å². The highest BCUT2D eigenvalue weighted by Gasteiger charge is 2.24. The lowest BCUT2D eigenvalue weighted by molar-refractivity contribution is 0.593. The zero-order valence-electron chi connectivity index (χ0n) is 13.7. The van der Waals surface area contributed by atoms with Gasteiger partial charge in [-0.2, -0.15) is 0 Å². The van der Waals surface area contributed by atoms with E-state index in [1.54, 1.807) is 18.5 Å². The van der Waals surface area contributed by atoms with Gasteiger partial charge in [0.2, 0.25) is 0 Å². The van der Waals surface area contributed by atoms with Crippen molar-refractivity contribution < 1.29 is 17.2 Å². The Hall–Kier alpha value is -2.26. The van der Waals surface area contributed by atoms with E-state index in [9.17, 15) is 17.2 Å². The van der Waals surface area contributed by atoms with E-state index < -0.39 is 27.3 Å².